The van der Waals surface area contributed by atoms with Crippen LogP contribution in [0, 0.1) is 13.8 Å². The summed E-state index contributed by atoms with van der Waals surface area (Å²) >= 11 is 3.50. The van der Waals surface area contributed by atoms with Gasteiger partial charge in [-0.1, -0.05) is 0 Å². The molecular weight excluding hydrogens is 322 g/mol. The maximum absolute atomic E-state index is 11.9. The van der Waals surface area contributed by atoms with Gasteiger partial charge >= 0.3 is 0 Å². The van der Waals surface area contributed by atoms with E-state index in [0.29, 0.717) is 13.0 Å². The minimum absolute atomic E-state index is 0.0107. The van der Waals surface area contributed by atoms with Crippen molar-refractivity contribution in [2.75, 3.05) is 0 Å². The van der Waals surface area contributed by atoms with Crippen molar-refractivity contribution in [2.45, 2.75) is 39.8 Å². The Labute approximate surface area is 126 Å². The van der Waals surface area contributed by atoms with E-state index in [0.717, 1.165) is 21.6 Å². The lowest BCUT2D eigenvalue weighted by molar-refractivity contribution is -0.122. The number of furan rings is 1. The molecule has 0 fully saturated rings. The van der Waals surface area contributed by atoms with E-state index < -0.39 is 0 Å². The molecule has 0 saturated carbocycles. The van der Waals surface area contributed by atoms with Gasteiger partial charge in [0.25, 0.3) is 0 Å². The standard InChI is InChI=1S/C14H18BrN3O2/c1-9(18-11(3)14(15)10(2)17-18)7-13(19)16-8-12-5-4-6-20-12/h4-6,9H,7-8H2,1-3H3,(H,16,19). The third-order valence-electron chi connectivity index (χ3n) is 3.17. The molecule has 6 heteroatoms. The zero-order valence-corrected chi connectivity index (χ0v) is 13.4. The molecule has 1 atom stereocenters. The summed E-state index contributed by atoms with van der Waals surface area (Å²) in [6.45, 7) is 6.33. The van der Waals surface area contributed by atoms with E-state index in [-0.39, 0.29) is 11.9 Å². The monoisotopic (exact) mass is 339 g/mol. The first-order chi connectivity index (χ1) is 9.49. The van der Waals surface area contributed by atoms with E-state index >= 15 is 0 Å². The average Bonchev–Trinajstić information content (AvgIpc) is 3.01. The lowest BCUT2D eigenvalue weighted by Gasteiger charge is -2.14. The Kier molecular flexibility index (Phi) is 4.65. The first kappa shape index (κ1) is 14.8. The van der Waals surface area contributed by atoms with E-state index in [1.807, 2.05) is 31.5 Å². The number of halogens is 1. The SMILES string of the molecule is Cc1nn(C(C)CC(=O)NCc2ccco2)c(C)c1Br. The van der Waals surface area contributed by atoms with Crippen LogP contribution >= 0.6 is 15.9 Å². The predicted octanol–water partition coefficient (Wildman–Crippen LogP) is 3.12. The molecule has 108 valence electrons. The maximum Gasteiger partial charge on any atom is 0.222 e. The van der Waals surface area contributed by atoms with E-state index in [1.54, 1.807) is 12.3 Å². The van der Waals surface area contributed by atoms with Crippen molar-refractivity contribution < 1.29 is 9.21 Å². The molecule has 0 aromatic carbocycles. The van der Waals surface area contributed by atoms with Crippen LogP contribution in [0.1, 0.15) is 36.5 Å². The van der Waals surface area contributed by atoms with Crippen LogP contribution in [0.3, 0.4) is 0 Å². The molecule has 0 aliphatic heterocycles. The van der Waals surface area contributed by atoms with E-state index in [1.165, 1.54) is 0 Å². The summed E-state index contributed by atoms with van der Waals surface area (Å²) in [5.41, 5.74) is 1.97. The highest BCUT2D eigenvalue weighted by molar-refractivity contribution is 9.10. The van der Waals surface area contributed by atoms with Crippen molar-refractivity contribution in [3.05, 3.63) is 40.0 Å². The maximum atomic E-state index is 11.9. The second-order valence-corrected chi connectivity index (χ2v) is 5.63. The third-order valence-corrected chi connectivity index (χ3v) is 4.32. The molecule has 2 aromatic rings. The molecule has 0 radical (unpaired) electrons. The Morgan fingerprint density at radius 1 is 1.55 bits per heavy atom. The smallest absolute Gasteiger partial charge is 0.222 e. The highest BCUT2D eigenvalue weighted by atomic mass is 79.9. The molecule has 0 bridgehead atoms. The van der Waals surface area contributed by atoms with Crippen LogP contribution in [0.4, 0.5) is 0 Å². The van der Waals surface area contributed by atoms with E-state index in [4.69, 9.17) is 4.42 Å². The van der Waals surface area contributed by atoms with Crippen molar-refractivity contribution in [1.82, 2.24) is 15.1 Å². The van der Waals surface area contributed by atoms with Gasteiger partial charge in [-0.25, -0.2) is 0 Å². The summed E-state index contributed by atoms with van der Waals surface area (Å²) in [6, 6.07) is 3.65. The lowest BCUT2D eigenvalue weighted by atomic mass is 10.2. The van der Waals surface area contributed by atoms with Crippen LogP contribution in [0.25, 0.3) is 0 Å². The zero-order valence-electron chi connectivity index (χ0n) is 11.8. The fourth-order valence-electron chi connectivity index (χ4n) is 2.10. The first-order valence-corrected chi connectivity index (χ1v) is 7.28. The van der Waals surface area contributed by atoms with Crippen molar-refractivity contribution in [3.8, 4) is 0 Å². The van der Waals surface area contributed by atoms with Gasteiger partial charge in [-0.05, 0) is 48.8 Å². The number of hydrogen-bond acceptors (Lipinski definition) is 3. The second kappa shape index (κ2) is 6.26. The first-order valence-electron chi connectivity index (χ1n) is 6.49. The van der Waals surface area contributed by atoms with Crippen LogP contribution in [0.5, 0.6) is 0 Å². The van der Waals surface area contributed by atoms with Crippen molar-refractivity contribution >= 4 is 21.8 Å². The molecule has 1 amide bonds. The van der Waals surface area contributed by atoms with Gasteiger partial charge in [-0.2, -0.15) is 5.10 Å². The van der Waals surface area contributed by atoms with E-state index in [9.17, 15) is 4.79 Å². The molecule has 0 spiro atoms. The molecule has 2 rings (SSSR count). The van der Waals surface area contributed by atoms with Crippen molar-refractivity contribution in [2.24, 2.45) is 0 Å². The van der Waals surface area contributed by atoms with Gasteiger partial charge in [0.1, 0.15) is 5.76 Å². The summed E-state index contributed by atoms with van der Waals surface area (Å²) in [6.07, 6.45) is 1.98. The van der Waals surface area contributed by atoms with Crippen molar-refractivity contribution in [1.29, 1.82) is 0 Å². The number of nitrogens with zero attached hydrogens (tertiary/aromatic N) is 2. The summed E-state index contributed by atoms with van der Waals surface area (Å²) in [7, 11) is 0. The Morgan fingerprint density at radius 3 is 2.85 bits per heavy atom. The van der Waals surface area contributed by atoms with Gasteiger partial charge in [0.15, 0.2) is 0 Å². The highest BCUT2D eigenvalue weighted by Gasteiger charge is 2.16. The molecule has 20 heavy (non-hydrogen) atoms. The van der Waals surface area contributed by atoms with Gasteiger partial charge in [0.2, 0.25) is 5.91 Å². The number of aromatic nitrogens is 2. The van der Waals surface area contributed by atoms with Crippen LogP contribution < -0.4 is 5.32 Å². The normalized spacial score (nSPS) is 12.4. The zero-order chi connectivity index (χ0) is 14.7. The fraction of sp³-hybridized carbons (Fsp3) is 0.429. The van der Waals surface area contributed by atoms with Gasteiger partial charge in [0.05, 0.1) is 34.7 Å². The number of carbonyl (C=O) groups is 1. The van der Waals surface area contributed by atoms with E-state index in [2.05, 4.69) is 26.3 Å². The number of hydrogen-bond donors (Lipinski definition) is 1. The fourth-order valence-corrected chi connectivity index (χ4v) is 2.36. The van der Waals surface area contributed by atoms with Gasteiger partial charge < -0.3 is 9.73 Å². The number of carbonyl (C=O) groups excluding carboxylic acids is 1. The molecule has 0 aliphatic rings. The van der Waals surface area contributed by atoms with Gasteiger partial charge in [-0.15, -0.1) is 0 Å². The average molecular weight is 340 g/mol. The minimum Gasteiger partial charge on any atom is -0.467 e. The van der Waals surface area contributed by atoms with Gasteiger partial charge in [-0.3, -0.25) is 9.48 Å². The molecule has 0 saturated heterocycles. The molecule has 1 unspecified atom stereocenters. The molecule has 0 aliphatic carbocycles. The van der Waals surface area contributed by atoms with Gasteiger partial charge in [0, 0.05) is 6.42 Å². The summed E-state index contributed by atoms with van der Waals surface area (Å²) in [5, 5.41) is 7.29. The molecule has 5 nitrogen and oxygen atoms in total. The number of rotatable bonds is 5. The van der Waals surface area contributed by atoms with Crippen molar-refractivity contribution in [3.63, 3.8) is 0 Å². The second-order valence-electron chi connectivity index (χ2n) is 4.84. The molecular formula is C14H18BrN3O2. The Bertz CT molecular complexity index is 590. The predicted molar refractivity (Wildman–Crippen MR) is 79.3 cm³/mol. The molecule has 1 N–H and O–H groups in total. The lowest BCUT2D eigenvalue weighted by Crippen LogP contribution is -2.25. The molecule has 2 aromatic heterocycles. The largest absolute Gasteiger partial charge is 0.467 e. The van der Waals surface area contributed by atoms with Crippen LogP contribution in [-0.4, -0.2) is 15.7 Å². The summed E-state index contributed by atoms with van der Waals surface area (Å²) in [5.74, 6) is 0.734. The highest BCUT2D eigenvalue weighted by Crippen LogP contribution is 2.23. The quantitative estimate of drug-likeness (QED) is 0.910. The van der Waals surface area contributed by atoms with Crippen LogP contribution in [0.2, 0.25) is 0 Å². The summed E-state index contributed by atoms with van der Waals surface area (Å²) in [4.78, 5) is 11.9. The Morgan fingerprint density at radius 2 is 2.30 bits per heavy atom. The number of nitrogens with one attached hydrogen (secondary N) is 1. The Balaban J connectivity index is 1.91. The minimum atomic E-state index is -0.0161. The Hall–Kier alpha value is -1.56. The molecule has 2 heterocycles. The topological polar surface area (TPSA) is 60.1 Å². The van der Waals surface area contributed by atoms with Crippen LogP contribution in [-0.2, 0) is 11.3 Å². The number of aryl methyl sites for hydroxylation is 1. The number of amides is 1. The third kappa shape index (κ3) is 3.30. The van der Waals surface area contributed by atoms with Crippen LogP contribution in [0.15, 0.2) is 27.3 Å². The summed E-state index contributed by atoms with van der Waals surface area (Å²) < 4.78 is 8.05.